The standard InChI is InChI=1S/C21H13Cl2N/c22-16-11-12-17-18(13-16)19(14-7-3-1-4-8-14)20(24-21(17)23)15-9-5-2-6-10-15/h1-13H. The first kappa shape index (κ1) is 15.2. The van der Waals surface area contributed by atoms with E-state index in [0.717, 1.165) is 33.2 Å². The van der Waals surface area contributed by atoms with E-state index in [1.165, 1.54) is 0 Å². The van der Waals surface area contributed by atoms with Gasteiger partial charge in [-0.1, -0.05) is 83.9 Å². The van der Waals surface area contributed by atoms with Gasteiger partial charge in [-0.15, -0.1) is 0 Å². The first-order chi connectivity index (χ1) is 11.7. The Morgan fingerprint density at radius 3 is 1.92 bits per heavy atom. The van der Waals surface area contributed by atoms with E-state index in [0.29, 0.717) is 10.2 Å². The highest BCUT2D eigenvalue weighted by Crippen LogP contribution is 2.40. The van der Waals surface area contributed by atoms with Gasteiger partial charge in [0.25, 0.3) is 0 Å². The number of hydrogen-bond acceptors (Lipinski definition) is 1. The third-order valence-corrected chi connectivity index (χ3v) is 4.55. The lowest BCUT2D eigenvalue weighted by atomic mass is 9.94. The van der Waals surface area contributed by atoms with Gasteiger partial charge in [0.05, 0.1) is 5.69 Å². The summed E-state index contributed by atoms with van der Waals surface area (Å²) in [6.07, 6.45) is 0. The van der Waals surface area contributed by atoms with Crippen LogP contribution in [0.4, 0.5) is 0 Å². The molecule has 0 aliphatic carbocycles. The Kier molecular flexibility index (Phi) is 3.97. The summed E-state index contributed by atoms with van der Waals surface area (Å²) in [5, 5.41) is 3.08. The van der Waals surface area contributed by atoms with E-state index in [4.69, 9.17) is 28.2 Å². The summed E-state index contributed by atoms with van der Waals surface area (Å²) >= 11 is 12.7. The second-order valence-electron chi connectivity index (χ2n) is 5.55. The summed E-state index contributed by atoms with van der Waals surface area (Å²) in [4.78, 5) is 4.70. The minimum absolute atomic E-state index is 0.486. The molecule has 0 aliphatic rings. The van der Waals surface area contributed by atoms with Crippen LogP contribution in [0.3, 0.4) is 0 Å². The van der Waals surface area contributed by atoms with Crippen molar-refractivity contribution in [2.45, 2.75) is 0 Å². The van der Waals surface area contributed by atoms with Crippen LogP contribution in [-0.4, -0.2) is 4.98 Å². The lowest BCUT2D eigenvalue weighted by Gasteiger charge is -2.14. The highest BCUT2D eigenvalue weighted by molar-refractivity contribution is 6.36. The molecule has 116 valence electrons. The van der Waals surface area contributed by atoms with Gasteiger partial charge in [0.1, 0.15) is 5.15 Å². The molecule has 0 unspecified atom stereocenters. The number of nitrogens with zero attached hydrogens (tertiary/aromatic N) is 1. The smallest absolute Gasteiger partial charge is 0.137 e. The average molecular weight is 350 g/mol. The lowest BCUT2D eigenvalue weighted by molar-refractivity contribution is 1.35. The van der Waals surface area contributed by atoms with Crippen molar-refractivity contribution in [1.82, 2.24) is 4.98 Å². The Hall–Kier alpha value is -2.35. The minimum atomic E-state index is 0.486. The highest BCUT2D eigenvalue weighted by atomic mass is 35.5. The molecule has 24 heavy (non-hydrogen) atoms. The molecule has 1 nitrogen and oxygen atoms in total. The van der Waals surface area contributed by atoms with Gasteiger partial charge in [-0.2, -0.15) is 0 Å². The van der Waals surface area contributed by atoms with Gasteiger partial charge in [-0.3, -0.25) is 0 Å². The summed E-state index contributed by atoms with van der Waals surface area (Å²) in [7, 11) is 0. The Balaban J connectivity index is 2.16. The average Bonchev–Trinajstić information content (AvgIpc) is 2.63. The zero-order chi connectivity index (χ0) is 16.5. The Morgan fingerprint density at radius 1 is 0.625 bits per heavy atom. The van der Waals surface area contributed by atoms with Crippen LogP contribution in [0.25, 0.3) is 33.2 Å². The molecule has 0 aliphatic heterocycles. The van der Waals surface area contributed by atoms with E-state index < -0.39 is 0 Å². The fourth-order valence-corrected chi connectivity index (χ4v) is 3.37. The minimum Gasteiger partial charge on any atom is -0.235 e. The van der Waals surface area contributed by atoms with Crippen LogP contribution in [0, 0.1) is 0 Å². The topological polar surface area (TPSA) is 12.9 Å². The Labute approximate surface area is 150 Å². The van der Waals surface area contributed by atoms with E-state index in [1.54, 1.807) is 0 Å². The predicted molar refractivity (Wildman–Crippen MR) is 103 cm³/mol. The van der Waals surface area contributed by atoms with Gasteiger partial charge in [0, 0.05) is 21.5 Å². The zero-order valence-electron chi connectivity index (χ0n) is 12.7. The fourth-order valence-electron chi connectivity index (χ4n) is 2.95. The fraction of sp³-hybridized carbons (Fsp3) is 0. The second kappa shape index (κ2) is 6.27. The predicted octanol–water partition coefficient (Wildman–Crippen LogP) is 6.88. The number of fused-ring (bicyclic) bond motifs is 1. The summed E-state index contributed by atoms with van der Waals surface area (Å²) in [6, 6.07) is 26.0. The number of benzene rings is 3. The molecule has 0 N–H and O–H groups in total. The van der Waals surface area contributed by atoms with Crippen molar-refractivity contribution in [2.24, 2.45) is 0 Å². The molecule has 4 aromatic rings. The quantitative estimate of drug-likeness (QED) is 0.359. The van der Waals surface area contributed by atoms with Gasteiger partial charge in [-0.05, 0) is 29.1 Å². The molecule has 1 heterocycles. The number of pyridine rings is 1. The number of halogens is 2. The van der Waals surface area contributed by atoms with Crippen molar-refractivity contribution in [3.63, 3.8) is 0 Å². The van der Waals surface area contributed by atoms with Crippen LogP contribution in [0.2, 0.25) is 10.2 Å². The van der Waals surface area contributed by atoms with Crippen molar-refractivity contribution in [3.05, 3.63) is 89.0 Å². The molecule has 1 aromatic heterocycles. The molecule has 4 rings (SSSR count). The van der Waals surface area contributed by atoms with E-state index >= 15 is 0 Å². The second-order valence-corrected chi connectivity index (χ2v) is 6.34. The number of hydrogen-bond donors (Lipinski definition) is 0. The molecule has 0 radical (unpaired) electrons. The van der Waals surface area contributed by atoms with Crippen molar-refractivity contribution in [1.29, 1.82) is 0 Å². The van der Waals surface area contributed by atoms with Crippen molar-refractivity contribution in [3.8, 4) is 22.4 Å². The molecule has 3 aromatic carbocycles. The van der Waals surface area contributed by atoms with E-state index in [9.17, 15) is 0 Å². The third-order valence-electron chi connectivity index (χ3n) is 4.03. The Morgan fingerprint density at radius 2 is 1.25 bits per heavy atom. The van der Waals surface area contributed by atoms with Crippen molar-refractivity contribution in [2.75, 3.05) is 0 Å². The summed E-state index contributed by atoms with van der Waals surface area (Å²) in [6.45, 7) is 0. The first-order valence-electron chi connectivity index (χ1n) is 7.63. The molecule has 0 saturated heterocycles. The summed E-state index contributed by atoms with van der Waals surface area (Å²) in [5.41, 5.74) is 4.03. The molecule has 0 spiro atoms. The number of rotatable bonds is 2. The van der Waals surface area contributed by atoms with Crippen molar-refractivity contribution >= 4 is 34.0 Å². The van der Waals surface area contributed by atoms with E-state index in [1.807, 2.05) is 66.7 Å². The normalized spacial score (nSPS) is 10.9. The summed E-state index contributed by atoms with van der Waals surface area (Å²) < 4.78 is 0. The third kappa shape index (κ3) is 2.66. The van der Waals surface area contributed by atoms with Crippen LogP contribution in [0.5, 0.6) is 0 Å². The van der Waals surface area contributed by atoms with Crippen molar-refractivity contribution < 1.29 is 0 Å². The molecule has 0 amide bonds. The molecule has 3 heteroatoms. The van der Waals surface area contributed by atoms with Crippen LogP contribution in [0.1, 0.15) is 0 Å². The van der Waals surface area contributed by atoms with Crippen LogP contribution >= 0.6 is 23.2 Å². The molecular formula is C21H13Cl2N. The van der Waals surface area contributed by atoms with Crippen LogP contribution < -0.4 is 0 Å². The van der Waals surface area contributed by atoms with Gasteiger partial charge in [-0.25, -0.2) is 4.98 Å². The monoisotopic (exact) mass is 349 g/mol. The van der Waals surface area contributed by atoms with Gasteiger partial charge >= 0.3 is 0 Å². The van der Waals surface area contributed by atoms with E-state index in [-0.39, 0.29) is 0 Å². The summed E-state index contributed by atoms with van der Waals surface area (Å²) in [5.74, 6) is 0. The first-order valence-corrected chi connectivity index (χ1v) is 8.39. The molecule has 0 atom stereocenters. The van der Waals surface area contributed by atoms with Gasteiger partial charge in [0.2, 0.25) is 0 Å². The Bertz CT molecular complexity index is 1010. The van der Waals surface area contributed by atoms with E-state index in [2.05, 4.69) is 12.1 Å². The molecule has 0 fully saturated rings. The maximum atomic E-state index is 6.47. The van der Waals surface area contributed by atoms with Crippen LogP contribution in [-0.2, 0) is 0 Å². The molecule has 0 bridgehead atoms. The van der Waals surface area contributed by atoms with Gasteiger partial charge in [0.15, 0.2) is 0 Å². The maximum Gasteiger partial charge on any atom is 0.137 e. The maximum absolute atomic E-state index is 6.47. The highest BCUT2D eigenvalue weighted by Gasteiger charge is 2.16. The zero-order valence-corrected chi connectivity index (χ0v) is 14.2. The lowest BCUT2D eigenvalue weighted by Crippen LogP contribution is -1.93. The van der Waals surface area contributed by atoms with Gasteiger partial charge < -0.3 is 0 Å². The SMILES string of the molecule is Clc1ccc2c(Cl)nc(-c3ccccc3)c(-c3ccccc3)c2c1. The number of aromatic nitrogens is 1. The molecule has 0 saturated carbocycles. The van der Waals surface area contributed by atoms with Crippen LogP contribution in [0.15, 0.2) is 78.9 Å². The largest absolute Gasteiger partial charge is 0.235 e. The molecular weight excluding hydrogens is 337 g/mol.